The van der Waals surface area contributed by atoms with Gasteiger partial charge in [-0.2, -0.15) is 5.10 Å². The lowest BCUT2D eigenvalue weighted by Crippen LogP contribution is -2.29. The fourth-order valence-corrected chi connectivity index (χ4v) is 2.66. The molecule has 0 unspecified atom stereocenters. The maximum Gasteiger partial charge on any atom is 0.164 e. The Morgan fingerprint density at radius 1 is 1.04 bits per heavy atom. The molecule has 2 N–H and O–H groups in total. The van der Waals surface area contributed by atoms with Crippen LogP contribution in [0.25, 0.3) is 11.4 Å². The third-order valence-electron chi connectivity index (χ3n) is 4.28. The van der Waals surface area contributed by atoms with Gasteiger partial charge in [-0.25, -0.2) is 9.97 Å². The zero-order valence-electron chi connectivity index (χ0n) is 17.0. The molecule has 1 aromatic carbocycles. The van der Waals surface area contributed by atoms with E-state index in [1.54, 1.807) is 7.11 Å². The molecule has 28 heavy (non-hydrogen) atoms. The molecule has 0 bridgehead atoms. The number of hydrogen-bond acceptors (Lipinski definition) is 7. The van der Waals surface area contributed by atoms with Gasteiger partial charge in [0.05, 0.1) is 7.11 Å². The molecule has 2 heterocycles. The van der Waals surface area contributed by atoms with E-state index < -0.39 is 0 Å². The molecule has 0 spiro atoms. The summed E-state index contributed by atoms with van der Waals surface area (Å²) in [6, 6.07) is 11.6. The normalized spacial score (nSPS) is 10.9. The summed E-state index contributed by atoms with van der Waals surface area (Å²) in [5.41, 5.74) is 1.87. The van der Waals surface area contributed by atoms with Crippen LogP contribution in [0.2, 0.25) is 0 Å². The minimum atomic E-state index is 0.628. The highest BCUT2D eigenvalue weighted by Crippen LogP contribution is 2.26. The highest BCUT2D eigenvalue weighted by atomic mass is 16.5. The van der Waals surface area contributed by atoms with Crippen molar-refractivity contribution in [1.82, 2.24) is 25.1 Å². The number of anilines is 3. The van der Waals surface area contributed by atoms with Crippen LogP contribution in [0.1, 0.15) is 5.69 Å². The smallest absolute Gasteiger partial charge is 0.164 e. The van der Waals surface area contributed by atoms with E-state index in [4.69, 9.17) is 14.7 Å². The Hall–Kier alpha value is -3.13. The molecule has 0 saturated carbocycles. The topological polar surface area (TPSA) is 82.2 Å². The number of aromatic nitrogens is 4. The first-order valence-corrected chi connectivity index (χ1v) is 9.13. The zero-order chi connectivity index (χ0) is 20.1. The molecule has 148 valence electrons. The predicted octanol–water partition coefficient (Wildman–Crippen LogP) is 2.93. The van der Waals surface area contributed by atoms with Gasteiger partial charge in [0.25, 0.3) is 0 Å². The zero-order valence-corrected chi connectivity index (χ0v) is 17.0. The summed E-state index contributed by atoms with van der Waals surface area (Å²) in [6.07, 6.45) is 0. The second-order valence-corrected chi connectivity index (χ2v) is 6.95. The average Bonchev–Trinajstić information content (AvgIpc) is 3.10. The Labute approximate surface area is 165 Å². The Morgan fingerprint density at radius 3 is 2.54 bits per heavy atom. The molecule has 0 radical (unpaired) electrons. The van der Waals surface area contributed by atoms with Gasteiger partial charge in [0.2, 0.25) is 0 Å². The summed E-state index contributed by atoms with van der Waals surface area (Å²) in [7, 11) is 7.80. The second kappa shape index (κ2) is 8.71. The summed E-state index contributed by atoms with van der Waals surface area (Å²) in [5, 5.41) is 10.4. The van der Waals surface area contributed by atoms with E-state index in [-0.39, 0.29) is 0 Å². The summed E-state index contributed by atoms with van der Waals surface area (Å²) in [6.45, 7) is 3.74. The van der Waals surface area contributed by atoms with Crippen molar-refractivity contribution in [2.45, 2.75) is 6.92 Å². The number of methoxy groups -OCH3 is 1. The van der Waals surface area contributed by atoms with E-state index in [2.05, 4.69) is 39.4 Å². The quantitative estimate of drug-likeness (QED) is 0.621. The molecule has 0 saturated heterocycles. The lowest BCUT2D eigenvalue weighted by atomic mass is 10.2. The summed E-state index contributed by atoms with van der Waals surface area (Å²) in [4.78, 5) is 13.7. The molecule has 0 aliphatic heterocycles. The first-order valence-electron chi connectivity index (χ1n) is 9.13. The van der Waals surface area contributed by atoms with E-state index in [0.29, 0.717) is 11.6 Å². The fraction of sp³-hybridized carbons (Fsp3) is 0.350. The van der Waals surface area contributed by atoms with Crippen molar-refractivity contribution in [3.8, 4) is 17.1 Å². The van der Waals surface area contributed by atoms with Gasteiger partial charge in [0, 0.05) is 43.5 Å². The molecule has 3 aromatic rings. The molecule has 0 atom stereocenters. The van der Waals surface area contributed by atoms with Crippen LogP contribution in [0.3, 0.4) is 0 Å². The molecule has 0 fully saturated rings. The SMILES string of the molecule is COc1cccc(-c2nc(Nc3cc(C)[nH]n3)cc(N(C)CCN(C)C)n2)c1. The number of nitrogens with one attached hydrogen (secondary N) is 2. The van der Waals surface area contributed by atoms with Crippen LogP contribution in [-0.4, -0.2) is 66.4 Å². The number of benzene rings is 1. The van der Waals surface area contributed by atoms with Gasteiger partial charge < -0.3 is 19.9 Å². The van der Waals surface area contributed by atoms with Gasteiger partial charge in [0.1, 0.15) is 17.4 Å². The highest BCUT2D eigenvalue weighted by molar-refractivity contribution is 5.65. The van der Waals surface area contributed by atoms with Gasteiger partial charge in [0.15, 0.2) is 11.6 Å². The van der Waals surface area contributed by atoms with Crippen LogP contribution < -0.4 is 15.0 Å². The Balaban J connectivity index is 1.97. The Kier molecular flexibility index (Phi) is 6.10. The van der Waals surface area contributed by atoms with E-state index in [1.807, 2.05) is 50.4 Å². The van der Waals surface area contributed by atoms with Crippen molar-refractivity contribution in [2.75, 3.05) is 51.6 Å². The Bertz CT molecular complexity index is 922. The second-order valence-electron chi connectivity index (χ2n) is 6.95. The number of H-pyrrole nitrogens is 1. The van der Waals surface area contributed by atoms with Crippen LogP contribution in [0.5, 0.6) is 5.75 Å². The molecule has 8 nitrogen and oxygen atoms in total. The van der Waals surface area contributed by atoms with E-state index in [1.165, 1.54) is 0 Å². The fourth-order valence-electron chi connectivity index (χ4n) is 2.66. The minimum Gasteiger partial charge on any atom is -0.497 e. The van der Waals surface area contributed by atoms with E-state index in [9.17, 15) is 0 Å². The molecule has 3 rings (SSSR count). The van der Waals surface area contributed by atoms with Crippen LogP contribution >= 0.6 is 0 Å². The van der Waals surface area contributed by atoms with Crippen molar-refractivity contribution >= 4 is 17.5 Å². The summed E-state index contributed by atoms with van der Waals surface area (Å²) < 4.78 is 5.35. The Morgan fingerprint density at radius 2 is 1.86 bits per heavy atom. The maximum absolute atomic E-state index is 5.35. The molecule has 0 aliphatic carbocycles. The average molecular weight is 381 g/mol. The van der Waals surface area contributed by atoms with Crippen LogP contribution in [0, 0.1) is 6.92 Å². The number of aryl methyl sites for hydroxylation is 1. The highest BCUT2D eigenvalue weighted by Gasteiger charge is 2.12. The van der Waals surface area contributed by atoms with Gasteiger partial charge >= 0.3 is 0 Å². The van der Waals surface area contributed by atoms with Crippen molar-refractivity contribution in [1.29, 1.82) is 0 Å². The third-order valence-corrected chi connectivity index (χ3v) is 4.28. The molecular weight excluding hydrogens is 354 g/mol. The largest absolute Gasteiger partial charge is 0.497 e. The number of rotatable bonds is 8. The lowest BCUT2D eigenvalue weighted by Gasteiger charge is -2.21. The minimum absolute atomic E-state index is 0.628. The predicted molar refractivity (Wildman–Crippen MR) is 112 cm³/mol. The van der Waals surface area contributed by atoms with Crippen molar-refractivity contribution < 1.29 is 4.74 Å². The van der Waals surface area contributed by atoms with E-state index in [0.717, 1.165) is 41.7 Å². The summed E-state index contributed by atoms with van der Waals surface area (Å²) >= 11 is 0. The van der Waals surface area contributed by atoms with Crippen molar-refractivity contribution in [3.63, 3.8) is 0 Å². The molecule has 0 amide bonds. The first-order chi connectivity index (χ1) is 13.4. The van der Waals surface area contributed by atoms with Crippen molar-refractivity contribution in [3.05, 3.63) is 42.1 Å². The number of aromatic amines is 1. The molecule has 8 heteroatoms. The van der Waals surface area contributed by atoms with Crippen LogP contribution in [-0.2, 0) is 0 Å². The third kappa shape index (κ3) is 4.98. The summed E-state index contributed by atoms with van der Waals surface area (Å²) in [5.74, 6) is 3.64. The van der Waals surface area contributed by atoms with Gasteiger partial charge in [-0.15, -0.1) is 0 Å². The molecule has 2 aromatic heterocycles. The number of hydrogen-bond donors (Lipinski definition) is 2. The number of ether oxygens (including phenoxy) is 1. The number of nitrogens with zero attached hydrogens (tertiary/aromatic N) is 5. The standard InChI is InChI=1S/C20H27N7O/c1-14-11-18(25-24-14)21-17-13-19(27(4)10-9-26(2)3)23-20(22-17)15-7-6-8-16(12-15)28-5/h6-8,11-13H,9-10H2,1-5H3,(H2,21,22,23,24,25). The first kappa shape index (κ1) is 19.6. The maximum atomic E-state index is 5.35. The van der Waals surface area contributed by atoms with Crippen molar-refractivity contribution in [2.24, 2.45) is 0 Å². The number of likely N-dealkylation sites (N-methyl/N-ethyl adjacent to an activating group) is 2. The monoisotopic (exact) mass is 381 g/mol. The van der Waals surface area contributed by atoms with Gasteiger partial charge in [-0.3, -0.25) is 5.10 Å². The van der Waals surface area contributed by atoms with Crippen LogP contribution in [0.4, 0.5) is 17.5 Å². The molecule has 0 aliphatic rings. The van der Waals surface area contributed by atoms with E-state index >= 15 is 0 Å². The van der Waals surface area contributed by atoms with Gasteiger partial charge in [-0.1, -0.05) is 12.1 Å². The van der Waals surface area contributed by atoms with Gasteiger partial charge in [-0.05, 0) is 33.2 Å². The molecular formula is C20H27N7O. The lowest BCUT2D eigenvalue weighted by molar-refractivity contribution is 0.415. The van der Waals surface area contributed by atoms with Crippen LogP contribution in [0.15, 0.2) is 36.4 Å².